The third-order valence-electron chi connectivity index (χ3n) is 2.85. The second-order valence-corrected chi connectivity index (χ2v) is 6.28. The van der Waals surface area contributed by atoms with Crippen LogP contribution in [0.25, 0.3) is 0 Å². The normalized spacial score (nSPS) is 22.9. The van der Waals surface area contributed by atoms with Gasteiger partial charge in [-0.2, -0.15) is 0 Å². The highest BCUT2D eigenvalue weighted by atomic mass is 35.5. The summed E-state index contributed by atoms with van der Waals surface area (Å²) in [5.41, 5.74) is 0.959. The molecule has 1 saturated carbocycles. The first-order valence-corrected chi connectivity index (χ1v) is 6.47. The first-order valence-electron chi connectivity index (χ1n) is 5.34. The predicted molar refractivity (Wildman–Crippen MR) is 70.6 cm³/mol. The van der Waals surface area contributed by atoms with Crippen molar-refractivity contribution in [3.05, 3.63) is 34.9 Å². The van der Waals surface area contributed by atoms with E-state index in [0.717, 1.165) is 5.56 Å². The van der Waals surface area contributed by atoms with Gasteiger partial charge in [0.25, 0.3) is 0 Å². The molecule has 0 heterocycles. The Morgan fingerprint density at radius 2 is 2.18 bits per heavy atom. The van der Waals surface area contributed by atoms with Crippen molar-refractivity contribution in [3.63, 3.8) is 0 Å². The Kier molecular flexibility index (Phi) is 3.58. The van der Waals surface area contributed by atoms with Gasteiger partial charge in [-0.3, -0.25) is 4.79 Å². The van der Waals surface area contributed by atoms with Gasteiger partial charge < -0.3 is 5.32 Å². The van der Waals surface area contributed by atoms with Crippen LogP contribution in [0.3, 0.4) is 0 Å². The second kappa shape index (κ2) is 4.68. The molecule has 1 aliphatic carbocycles. The van der Waals surface area contributed by atoms with Crippen LogP contribution in [0.15, 0.2) is 24.3 Å². The zero-order valence-electron chi connectivity index (χ0n) is 9.21. The molecule has 17 heavy (non-hydrogen) atoms. The first-order chi connectivity index (χ1) is 7.90. The van der Waals surface area contributed by atoms with Crippen LogP contribution in [-0.2, 0) is 4.79 Å². The molecule has 0 aromatic heterocycles. The predicted octanol–water partition coefficient (Wildman–Crippen LogP) is 3.71. The number of carbonyl (C=O) groups excluding carboxylic acids is 1. The maximum Gasteiger partial charge on any atom is 0.226 e. The third kappa shape index (κ3) is 3.06. The number of benzene rings is 1. The molecule has 5 heteroatoms. The number of halogens is 3. The topological polar surface area (TPSA) is 29.1 Å². The maximum absolute atomic E-state index is 11.8. The molecule has 1 fully saturated rings. The minimum Gasteiger partial charge on any atom is -0.349 e. The highest BCUT2D eigenvalue weighted by Gasteiger charge is 2.56. The largest absolute Gasteiger partial charge is 0.349 e. The van der Waals surface area contributed by atoms with Crippen molar-refractivity contribution < 1.29 is 4.79 Å². The van der Waals surface area contributed by atoms with Gasteiger partial charge in [-0.05, 0) is 31.0 Å². The van der Waals surface area contributed by atoms with Gasteiger partial charge in [0, 0.05) is 5.02 Å². The van der Waals surface area contributed by atoms with Crippen LogP contribution in [0.1, 0.15) is 24.9 Å². The van der Waals surface area contributed by atoms with E-state index in [4.69, 9.17) is 34.8 Å². The molecule has 0 spiro atoms. The molecule has 1 aliphatic rings. The number of alkyl halides is 2. The third-order valence-corrected chi connectivity index (χ3v) is 3.92. The van der Waals surface area contributed by atoms with E-state index in [1.165, 1.54) is 0 Å². The lowest BCUT2D eigenvalue weighted by Gasteiger charge is -2.14. The molecule has 1 N–H and O–H groups in total. The van der Waals surface area contributed by atoms with E-state index in [1.54, 1.807) is 6.07 Å². The van der Waals surface area contributed by atoms with E-state index in [1.807, 2.05) is 25.1 Å². The van der Waals surface area contributed by atoms with E-state index < -0.39 is 4.33 Å². The summed E-state index contributed by atoms with van der Waals surface area (Å²) in [6.45, 7) is 1.90. The highest BCUT2D eigenvalue weighted by Crippen LogP contribution is 2.53. The van der Waals surface area contributed by atoms with Crippen LogP contribution < -0.4 is 5.32 Å². The highest BCUT2D eigenvalue weighted by molar-refractivity contribution is 6.52. The Hall–Kier alpha value is -0.440. The lowest BCUT2D eigenvalue weighted by Crippen LogP contribution is -2.29. The van der Waals surface area contributed by atoms with E-state index in [9.17, 15) is 4.79 Å². The monoisotopic (exact) mass is 291 g/mol. The average Bonchev–Trinajstić information content (AvgIpc) is 2.88. The van der Waals surface area contributed by atoms with Gasteiger partial charge in [-0.1, -0.05) is 23.7 Å². The summed E-state index contributed by atoms with van der Waals surface area (Å²) in [5.74, 6) is -0.407. The molecule has 0 saturated heterocycles. The standard InChI is InChI=1S/C12H12Cl3NO/c1-7(8-3-2-4-9(13)5-8)16-11(17)10-6-12(10,14)15/h2-5,7,10H,6H2,1H3,(H,16,17). The van der Waals surface area contributed by atoms with Crippen molar-refractivity contribution in [2.24, 2.45) is 5.92 Å². The van der Waals surface area contributed by atoms with Gasteiger partial charge in [0.15, 0.2) is 0 Å². The molecule has 0 bridgehead atoms. The van der Waals surface area contributed by atoms with Crippen LogP contribution in [0.5, 0.6) is 0 Å². The summed E-state index contributed by atoms with van der Waals surface area (Å²) in [5, 5.41) is 3.53. The second-order valence-electron chi connectivity index (χ2n) is 4.30. The first kappa shape index (κ1) is 13.0. The van der Waals surface area contributed by atoms with Gasteiger partial charge in [-0.15, -0.1) is 23.2 Å². The molecule has 2 nitrogen and oxygen atoms in total. The number of nitrogens with one attached hydrogen (secondary N) is 1. The lowest BCUT2D eigenvalue weighted by atomic mass is 10.1. The fourth-order valence-corrected chi connectivity index (χ4v) is 2.38. The molecule has 2 rings (SSSR count). The summed E-state index contributed by atoms with van der Waals surface area (Å²) < 4.78 is -0.877. The summed E-state index contributed by atoms with van der Waals surface area (Å²) >= 11 is 17.6. The van der Waals surface area contributed by atoms with Gasteiger partial charge in [0.05, 0.1) is 12.0 Å². The lowest BCUT2D eigenvalue weighted by molar-refractivity contribution is -0.123. The molecule has 92 valence electrons. The molecule has 1 aromatic carbocycles. The van der Waals surface area contributed by atoms with Crippen molar-refractivity contribution in [3.8, 4) is 0 Å². The summed E-state index contributed by atoms with van der Waals surface area (Å²) in [4.78, 5) is 11.8. The number of hydrogen-bond acceptors (Lipinski definition) is 1. The Balaban J connectivity index is 1.98. The molecular formula is C12H12Cl3NO. The van der Waals surface area contributed by atoms with Crippen molar-refractivity contribution in [2.75, 3.05) is 0 Å². The van der Waals surface area contributed by atoms with Gasteiger partial charge in [-0.25, -0.2) is 0 Å². The molecule has 1 amide bonds. The fraction of sp³-hybridized carbons (Fsp3) is 0.417. The van der Waals surface area contributed by atoms with Crippen molar-refractivity contribution in [1.29, 1.82) is 0 Å². The SMILES string of the molecule is CC(NC(=O)C1CC1(Cl)Cl)c1cccc(Cl)c1. The minimum absolute atomic E-state index is 0.106. The van der Waals surface area contributed by atoms with E-state index in [0.29, 0.717) is 11.4 Å². The van der Waals surface area contributed by atoms with E-state index in [2.05, 4.69) is 5.32 Å². The molecule has 2 atom stereocenters. The Morgan fingerprint density at radius 3 is 2.71 bits per heavy atom. The Labute approximate surface area is 115 Å². The van der Waals surface area contributed by atoms with Crippen molar-refractivity contribution in [1.82, 2.24) is 5.32 Å². The fourth-order valence-electron chi connectivity index (χ4n) is 1.67. The summed E-state index contributed by atoms with van der Waals surface area (Å²) in [7, 11) is 0. The maximum atomic E-state index is 11.8. The zero-order valence-corrected chi connectivity index (χ0v) is 11.5. The number of hydrogen-bond donors (Lipinski definition) is 1. The zero-order chi connectivity index (χ0) is 12.6. The van der Waals surface area contributed by atoms with Crippen LogP contribution >= 0.6 is 34.8 Å². The average molecular weight is 293 g/mol. The van der Waals surface area contributed by atoms with Gasteiger partial charge in [0.1, 0.15) is 4.33 Å². The molecule has 2 unspecified atom stereocenters. The van der Waals surface area contributed by atoms with Crippen molar-refractivity contribution >= 4 is 40.7 Å². The quantitative estimate of drug-likeness (QED) is 0.845. The number of amides is 1. The molecule has 0 aliphatic heterocycles. The van der Waals surface area contributed by atoms with E-state index in [-0.39, 0.29) is 17.9 Å². The van der Waals surface area contributed by atoms with Crippen LogP contribution in [0, 0.1) is 5.92 Å². The molecular weight excluding hydrogens is 280 g/mol. The minimum atomic E-state index is -0.877. The van der Waals surface area contributed by atoms with Crippen LogP contribution in [0.2, 0.25) is 5.02 Å². The smallest absolute Gasteiger partial charge is 0.226 e. The Bertz CT molecular complexity index is 447. The van der Waals surface area contributed by atoms with Gasteiger partial charge >= 0.3 is 0 Å². The van der Waals surface area contributed by atoms with Crippen LogP contribution in [0.4, 0.5) is 0 Å². The summed E-state index contributed by atoms with van der Waals surface area (Å²) in [6, 6.07) is 7.28. The number of carbonyl (C=O) groups is 1. The summed E-state index contributed by atoms with van der Waals surface area (Å²) in [6.07, 6.45) is 0.518. The molecule has 0 radical (unpaired) electrons. The van der Waals surface area contributed by atoms with E-state index >= 15 is 0 Å². The molecule has 1 aromatic rings. The van der Waals surface area contributed by atoms with Gasteiger partial charge in [0.2, 0.25) is 5.91 Å². The number of rotatable bonds is 3. The van der Waals surface area contributed by atoms with Crippen molar-refractivity contribution in [2.45, 2.75) is 23.7 Å². The Morgan fingerprint density at radius 1 is 1.53 bits per heavy atom. The van der Waals surface area contributed by atoms with Crippen LogP contribution in [-0.4, -0.2) is 10.2 Å².